The van der Waals surface area contributed by atoms with Gasteiger partial charge in [-0.1, -0.05) is 30.4 Å². The number of hydrogen-bond donors (Lipinski definition) is 0. The van der Waals surface area contributed by atoms with Crippen molar-refractivity contribution in [3.63, 3.8) is 0 Å². The zero-order valence-electron chi connectivity index (χ0n) is 10.2. The predicted octanol–water partition coefficient (Wildman–Crippen LogP) is 3.74. The Kier molecular flexibility index (Phi) is 2.71. The van der Waals surface area contributed by atoms with Crippen LogP contribution in [0.4, 0.5) is 0 Å². The normalized spacial score (nSPS) is 23.7. The minimum absolute atomic E-state index is 0.327. The summed E-state index contributed by atoms with van der Waals surface area (Å²) in [5.41, 5.74) is 3.50. The van der Waals surface area contributed by atoms with Crippen molar-refractivity contribution in [1.29, 1.82) is 0 Å². The second-order valence-corrected chi connectivity index (χ2v) is 5.12. The van der Waals surface area contributed by atoms with Gasteiger partial charge in [-0.05, 0) is 43.9 Å². The van der Waals surface area contributed by atoms with Crippen molar-refractivity contribution in [3.05, 3.63) is 47.1 Å². The summed E-state index contributed by atoms with van der Waals surface area (Å²) in [6, 6.07) is 0. The molecule has 0 aromatic carbocycles. The molecular weight excluding hydrogens is 196 g/mol. The van der Waals surface area contributed by atoms with E-state index in [1.54, 1.807) is 0 Å². The first kappa shape index (κ1) is 11.1. The Hall–Kier alpha value is -1.37. The Labute approximate surface area is 97.2 Å². The maximum Gasteiger partial charge on any atom is 0.142 e. The van der Waals surface area contributed by atoms with E-state index in [4.69, 9.17) is 0 Å². The zero-order chi connectivity index (χ0) is 11.8. The second kappa shape index (κ2) is 3.89. The number of ketones is 1. The van der Waals surface area contributed by atoms with Gasteiger partial charge in [0.15, 0.2) is 0 Å². The quantitative estimate of drug-likeness (QED) is 0.600. The van der Waals surface area contributed by atoms with Gasteiger partial charge in [-0.25, -0.2) is 0 Å². The van der Waals surface area contributed by atoms with Gasteiger partial charge in [0.2, 0.25) is 0 Å². The van der Waals surface area contributed by atoms with Gasteiger partial charge in [0, 0.05) is 11.8 Å². The highest BCUT2D eigenvalue weighted by Gasteiger charge is 2.29. The predicted molar refractivity (Wildman–Crippen MR) is 67.1 cm³/mol. The lowest BCUT2D eigenvalue weighted by Gasteiger charge is -2.16. The molecule has 0 amide bonds. The van der Waals surface area contributed by atoms with Crippen molar-refractivity contribution in [2.75, 3.05) is 0 Å². The summed E-state index contributed by atoms with van der Waals surface area (Å²) in [6.07, 6.45) is 12.0. The molecule has 0 aromatic heterocycles. The molecule has 0 atom stereocenters. The highest BCUT2D eigenvalue weighted by atomic mass is 16.1. The third kappa shape index (κ3) is 1.95. The van der Waals surface area contributed by atoms with E-state index in [2.05, 4.69) is 31.2 Å². The zero-order valence-corrected chi connectivity index (χ0v) is 10.2. The van der Waals surface area contributed by atoms with Crippen molar-refractivity contribution in [1.82, 2.24) is 0 Å². The van der Waals surface area contributed by atoms with E-state index in [0.717, 1.165) is 6.42 Å². The number of Topliss-reactive ketones (excluding diaryl/α,β-unsaturated/α-hetero) is 1. The summed E-state index contributed by atoms with van der Waals surface area (Å²) in [6.45, 7) is 6.13. The van der Waals surface area contributed by atoms with Crippen molar-refractivity contribution in [3.8, 4) is 0 Å². The van der Waals surface area contributed by atoms with Gasteiger partial charge in [0.25, 0.3) is 0 Å². The SMILES string of the molecule is CC1=C2CCC(=O)C(C)(C)C=C2C=CC=C1. The lowest BCUT2D eigenvalue weighted by molar-refractivity contribution is -0.124. The van der Waals surface area contributed by atoms with Crippen LogP contribution in [0, 0.1) is 5.41 Å². The molecule has 2 rings (SSSR count). The van der Waals surface area contributed by atoms with Crippen LogP contribution in [0.25, 0.3) is 0 Å². The fourth-order valence-electron chi connectivity index (χ4n) is 2.29. The first-order valence-corrected chi connectivity index (χ1v) is 5.82. The van der Waals surface area contributed by atoms with Crippen LogP contribution >= 0.6 is 0 Å². The molecule has 2 aliphatic rings. The molecule has 2 aliphatic carbocycles. The molecular formula is C15H18O. The molecule has 0 spiro atoms. The first-order valence-electron chi connectivity index (χ1n) is 5.82. The van der Waals surface area contributed by atoms with Crippen LogP contribution in [0.2, 0.25) is 0 Å². The average molecular weight is 214 g/mol. The summed E-state index contributed by atoms with van der Waals surface area (Å²) >= 11 is 0. The number of rotatable bonds is 0. The highest BCUT2D eigenvalue weighted by molar-refractivity contribution is 5.87. The van der Waals surface area contributed by atoms with Crippen LogP contribution in [0.1, 0.15) is 33.6 Å². The van der Waals surface area contributed by atoms with E-state index in [-0.39, 0.29) is 5.41 Å². The van der Waals surface area contributed by atoms with Gasteiger partial charge in [-0.3, -0.25) is 4.79 Å². The topological polar surface area (TPSA) is 17.1 Å². The monoisotopic (exact) mass is 214 g/mol. The third-order valence-corrected chi connectivity index (χ3v) is 3.39. The van der Waals surface area contributed by atoms with Crippen molar-refractivity contribution < 1.29 is 4.79 Å². The number of allylic oxidation sites excluding steroid dienone is 8. The number of carbonyl (C=O) groups is 1. The van der Waals surface area contributed by atoms with Gasteiger partial charge in [0.05, 0.1) is 0 Å². The molecule has 16 heavy (non-hydrogen) atoms. The van der Waals surface area contributed by atoms with E-state index in [0.29, 0.717) is 12.2 Å². The largest absolute Gasteiger partial charge is 0.299 e. The van der Waals surface area contributed by atoms with Crippen LogP contribution in [0.15, 0.2) is 47.1 Å². The fraction of sp³-hybridized carbons (Fsp3) is 0.400. The molecule has 0 fully saturated rings. The Bertz CT molecular complexity index is 442. The van der Waals surface area contributed by atoms with Crippen LogP contribution in [0.5, 0.6) is 0 Å². The van der Waals surface area contributed by atoms with E-state index >= 15 is 0 Å². The minimum Gasteiger partial charge on any atom is -0.299 e. The molecule has 0 N–H and O–H groups in total. The Morgan fingerprint density at radius 2 is 1.81 bits per heavy atom. The molecule has 0 saturated heterocycles. The molecule has 0 unspecified atom stereocenters. The van der Waals surface area contributed by atoms with Gasteiger partial charge >= 0.3 is 0 Å². The molecule has 0 aromatic rings. The molecule has 0 saturated carbocycles. The van der Waals surface area contributed by atoms with E-state index in [9.17, 15) is 4.79 Å². The van der Waals surface area contributed by atoms with Gasteiger partial charge in [0.1, 0.15) is 5.78 Å². The van der Waals surface area contributed by atoms with Crippen LogP contribution in [0.3, 0.4) is 0 Å². The summed E-state index contributed by atoms with van der Waals surface area (Å²) in [5, 5.41) is 0. The summed E-state index contributed by atoms with van der Waals surface area (Å²) < 4.78 is 0. The summed E-state index contributed by atoms with van der Waals surface area (Å²) in [5.74, 6) is 0.339. The molecule has 84 valence electrons. The fourth-order valence-corrected chi connectivity index (χ4v) is 2.29. The van der Waals surface area contributed by atoms with E-state index in [1.807, 2.05) is 19.9 Å². The van der Waals surface area contributed by atoms with Gasteiger partial charge in [-0.15, -0.1) is 0 Å². The maximum atomic E-state index is 12.0. The Morgan fingerprint density at radius 3 is 2.56 bits per heavy atom. The number of hydrogen-bond acceptors (Lipinski definition) is 1. The van der Waals surface area contributed by atoms with Crippen molar-refractivity contribution in [2.45, 2.75) is 33.6 Å². The molecule has 0 radical (unpaired) electrons. The standard InChI is InChI=1S/C15H18O/c1-11-6-4-5-7-12-10-15(2,3)14(16)9-8-13(11)12/h4-7,10H,8-9H2,1-3H3. The van der Waals surface area contributed by atoms with Crippen molar-refractivity contribution >= 4 is 5.78 Å². The van der Waals surface area contributed by atoms with Crippen LogP contribution in [-0.4, -0.2) is 5.78 Å². The smallest absolute Gasteiger partial charge is 0.142 e. The van der Waals surface area contributed by atoms with Gasteiger partial charge < -0.3 is 0 Å². The summed E-state index contributed by atoms with van der Waals surface area (Å²) in [7, 11) is 0. The minimum atomic E-state index is -0.327. The Balaban J connectivity index is 2.55. The van der Waals surface area contributed by atoms with Gasteiger partial charge in [-0.2, -0.15) is 0 Å². The molecule has 1 heteroatoms. The van der Waals surface area contributed by atoms with Crippen molar-refractivity contribution in [2.24, 2.45) is 5.41 Å². The van der Waals surface area contributed by atoms with E-state index in [1.165, 1.54) is 16.7 Å². The lowest BCUT2D eigenvalue weighted by Crippen LogP contribution is -2.20. The summed E-state index contributed by atoms with van der Waals surface area (Å²) in [4.78, 5) is 12.0. The second-order valence-electron chi connectivity index (χ2n) is 5.12. The number of fused-ring (bicyclic) bond motifs is 1. The lowest BCUT2D eigenvalue weighted by atomic mass is 9.86. The third-order valence-electron chi connectivity index (χ3n) is 3.39. The molecule has 0 aliphatic heterocycles. The maximum absolute atomic E-state index is 12.0. The molecule has 0 heterocycles. The molecule has 0 bridgehead atoms. The average Bonchev–Trinajstić information content (AvgIpc) is 2.43. The van der Waals surface area contributed by atoms with Crippen LogP contribution < -0.4 is 0 Å². The number of carbonyl (C=O) groups excluding carboxylic acids is 1. The van der Waals surface area contributed by atoms with E-state index < -0.39 is 0 Å². The first-order chi connectivity index (χ1) is 7.50. The van der Waals surface area contributed by atoms with Crippen LogP contribution in [-0.2, 0) is 4.79 Å². The highest BCUT2D eigenvalue weighted by Crippen LogP contribution is 2.35. The Morgan fingerprint density at radius 1 is 1.12 bits per heavy atom. The molecule has 1 nitrogen and oxygen atoms in total.